The number of para-hydroxylation sites is 1. The van der Waals surface area contributed by atoms with Gasteiger partial charge < -0.3 is 0 Å². The molecule has 4 nitrogen and oxygen atoms in total. The number of aromatic nitrogens is 4. The summed E-state index contributed by atoms with van der Waals surface area (Å²) in [5.41, 5.74) is 8.40. The van der Waals surface area contributed by atoms with Gasteiger partial charge in [0, 0.05) is 16.5 Å². The zero-order chi connectivity index (χ0) is 30.1. The van der Waals surface area contributed by atoms with Crippen molar-refractivity contribution in [1.29, 1.82) is 0 Å². The molecular formula is C39H32N4Si. The zero-order valence-electron chi connectivity index (χ0n) is 25.1. The maximum Gasteiger partial charge on any atom is 0.182 e. The van der Waals surface area contributed by atoms with Crippen LogP contribution in [0.2, 0.25) is 19.6 Å². The van der Waals surface area contributed by atoms with Crippen LogP contribution in [0, 0.1) is 0 Å². The fourth-order valence-corrected chi connectivity index (χ4v) is 7.23. The van der Waals surface area contributed by atoms with Crippen LogP contribution < -0.4 is 5.19 Å². The third-order valence-electron chi connectivity index (χ3n) is 7.88. The van der Waals surface area contributed by atoms with E-state index in [1.807, 2.05) is 54.6 Å². The van der Waals surface area contributed by atoms with Crippen LogP contribution in [-0.4, -0.2) is 28.0 Å². The first-order valence-electron chi connectivity index (χ1n) is 14.9. The van der Waals surface area contributed by atoms with Crippen LogP contribution in [0.4, 0.5) is 0 Å². The second kappa shape index (κ2) is 11.4. The normalized spacial score (nSPS) is 11.5. The molecule has 7 rings (SSSR count). The molecule has 0 N–H and O–H groups in total. The molecule has 0 bridgehead atoms. The summed E-state index contributed by atoms with van der Waals surface area (Å²) in [4.78, 5) is 19.5. The third kappa shape index (κ3) is 5.58. The molecule has 0 radical (unpaired) electrons. The predicted octanol–water partition coefficient (Wildman–Crippen LogP) is 9.30. The quantitative estimate of drug-likeness (QED) is 0.183. The SMILES string of the molecule is C[Si](C)(C)c1ccccc1-c1cccc(-c2ccc(-c3nc(-c4ccccc4)nc(-c4ccc5ccccc5n4)n3)cc2)c1. The molecule has 0 aliphatic rings. The summed E-state index contributed by atoms with van der Waals surface area (Å²) in [6.45, 7) is 7.21. The van der Waals surface area contributed by atoms with Crippen molar-refractivity contribution in [1.82, 2.24) is 19.9 Å². The van der Waals surface area contributed by atoms with Crippen LogP contribution in [0.15, 0.2) is 140 Å². The number of rotatable bonds is 6. The van der Waals surface area contributed by atoms with Crippen LogP contribution in [0.5, 0.6) is 0 Å². The second-order valence-corrected chi connectivity index (χ2v) is 17.1. The predicted molar refractivity (Wildman–Crippen MR) is 185 cm³/mol. The van der Waals surface area contributed by atoms with Crippen molar-refractivity contribution >= 4 is 24.2 Å². The van der Waals surface area contributed by atoms with E-state index in [4.69, 9.17) is 19.9 Å². The molecule has 2 aromatic heterocycles. The summed E-state index contributed by atoms with van der Waals surface area (Å²) in [5.74, 6) is 1.80. The maximum absolute atomic E-state index is 4.91. The lowest BCUT2D eigenvalue weighted by Gasteiger charge is -2.21. The van der Waals surface area contributed by atoms with Crippen molar-refractivity contribution in [3.05, 3.63) is 140 Å². The van der Waals surface area contributed by atoms with Crippen LogP contribution in [0.1, 0.15) is 0 Å². The van der Waals surface area contributed by atoms with E-state index < -0.39 is 8.07 Å². The van der Waals surface area contributed by atoms with Crippen LogP contribution in [0.3, 0.4) is 0 Å². The monoisotopic (exact) mass is 584 g/mol. The van der Waals surface area contributed by atoms with Gasteiger partial charge in [0.15, 0.2) is 17.5 Å². The highest BCUT2D eigenvalue weighted by Gasteiger charge is 2.20. The van der Waals surface area contributed by atoms with Gasteiger partial charge in [-0.15, -0.1) is 0 Å². The summed E-state index contributed by atoms with van der Waals surface area (Å²) in [6, 6.07) is 48.3. The Morgan fingerprint density at radius 3 is 1.77 bits per heavy atom. The minimum atomic E-state index is -1.50. The molecule has 0 aliphatic heterocycles. The Morgan fingerprint density at radius 1 is 0.409 bits per heavy atom. The summed E-state index contributed by atoms with van der Waals surface area (Å²) in [5, 5.41) is 2.56. The average molecular weight is 585 g/mol. The lowest BCUT2D eigenvalue weighted by molar-refractivity contribution is 1.06. The van der Waals surface area contributed by atoms with Gasteiger partial charge in [0.2, 0.25) is 0 Å². The first kappa shape index (κ1) is 27.6. The Labute approximate surface area is 259 Å². The molecule has 0 fully saturated rings. The number of nitrogens with zero attached hydrogens (tertiary/aromatic N) is 4. The molecule has 5 heteroatoms. The molecule has 0 amide bonds. The summed E-state index contributed by atoms with van der Waals surface area (Å²) < 4.78 is 0. The molecule has 7 aromatic rings. The smallest absolute Gasteiger partial charge is 0.182 e. The van der Waals surface area contributed by atoms with Crippen molar-refractivity contribution in [2.24, 2.45) is 0 Å². The van der Waals surface area contributed by atoms with Gasteiger partial charge in [-0.25, -0.2) is 19.9 Å². The first-order chi connectivity index (χ1) is 21.4. The molecule has 0 aliphatic carbocycles. The highest BCUT2D eigenvalue weighted by molar-refractivity contribution is 6.89. The zero-order valence-corrected chi connectivity index (χ0v) is 26.1. The van der Waals surface area contributed by atoms with E-state index in [0.717, 1.165) is 33.3 Å². The molecular weight excluding hydrogens is 553 g/mol. The summed E-state index contributed by atoms with van der Waals surface area (Å²) in [7, 11) is -1.50. The molecule has 0 saturated heterocycles. The van der Waals surface area contributed by atoms with E-state index in [0.29, 0.717) is 17.5 Å². The number of fused-ring (bicyclic) bond motifs is 1. The fourth-order valence-electron chi connectivity index (χ4n) is 5.59. The Morgan fingerprint density at radius 2 is 1.00 bits per heavy atom. The Hall–Kier alpha value is -5.26. The van der Waals surface area contributed by atoms with Crippen LogP contribution >= 0.6 is 0 Å². The van der Waals surface area contributed by atoms with Crippen molar-refractivity contribution in [3.8, 4) is 56.5 Å². The molecule has 212 valence electrons. The molecule has 0 unspecified atom stereocenters. The van der Waals surface area contributed by atoms with Crippen LogP contribution in [0.25, 0.3) is 67.5 Å². The van der Waals surface area contributed by atoms with Crippen LogP contribution in [-0.2, 0) is 0 Å². The average Bonchev–Trinajstić information content (AvgIpc) is 3.08. The largest absolute Gasteiger partial charge is 0.244 e. The minimum Gasteiger partial charge on any atom is -0.244 e. The fraction of sp³-hybridized carbons (Fsp3) is 0.0769. The van der Waals surface area contributed by atoms with E-state index in [9.17, 15) is 0 Å². The number of pyridine rings is 1. The van der Waals surface area contributed by atoms with E-state index in [2.05, 4.69) is 105 Å². The molecule has 0 saturated carbocycles. The summed E-state index contributed by atoms with van der Waals surface area (Å²) in [6.07, 6.45) is 0. The van der Waals surface area contributed by atoms with Crippen molar-refractivity contribution in [2.45, 2.75) is 19.6 Å². The van der Waals surface area contributed by atoms with Gasteiger partial charge in [0.1, 0.15) is 5.69 Å². The standard InChI is InChI=1S/C39H32N4Si/c1-44(2,3)36-19-10-8-17-33(36)32-16-11-15-31(26-32)27-20-22-30(23-21-27)38-41-37(29-13-5-4-6-14-29)42-39(43-38)35-25-24-28-12-7-9-18-34(28)40-35/h4-26H,1-3H3. The molecule has 2 heterocycles. The molecule has 0 spiro atoms. The van der Waals surface area contributed by atoms with Gasteiger partial charge in [-0.3, -0.25) is 0 Å². The highest BCUT2D eigenvalue weighted by atomic mass is 28.3. The molecule has 44 heavy (non-hydrogen) atoms. The molecule has 5 aromatic carbocycles. The Bertz CT molecular complexity index is 2100. The van der Waals surface area contributed by atoms with Gasteiger partial charge in [0.25, 0.3) is 0 Å². The van der Waals surface area contributed by atoms with Crippen molar-refractivity contribution in [3.63, 3.8) is 0 Å². The van der Waals surface area contributed by atoms with Crippen molar-refractivity contribution in [2.75, 3.05) is 0 Å². The summed E-state index contributed by atoms with van der Waals surface area (Å²) >= 11 is 0. The number of benzene rings is 5. The van der Waals surface area contributed by atoms with E-state index >= 15 is 0 Å². The lowest BCUT2D eigenvalue weighted by atomic mass is 9.98. The number of hydrogen-bond acceptors (Lipinski definition) is 4. The van der Waals surface area contributed by atoms with Gasteiger partial charge in [-0.1, -0.05) is 146 Å². The van der Waals surface area contributed by atoms with Crippen molar-refractivity contribution < 1.29 is 0 Å². The highest BCUT2D eigenvalue weighted by Crippen LogP contribution is 2.30. The lowest BCUT2D eigenvalue weighted by Crippen LogP contribution is -2.38. The Balaban J connectivity index is 1.27. The second-order valence-electron chi connectivity index (χ2n) is 12.0. The molecule has 0 atom stereocenters. The van der Waals surface area contributed by atoms with E-state index in [1.165, 1.54) is 21.9 Å². The van der Waals surface area contributed by atoms with E-state index in [-0.39, 0.29) is 0 Å². The maximum atomic E-state index is 4.91. The van der Waals surface area contributed by atoms with Gasteiger partial charge in [0.05, 0.1) is 13.6 Å². The van der Waals surface area contributed by atoms with Gasteiger partial charge >= 0.3 is 0 Å². The first-order valence-corrected chi connectivity index (χ1v) is 18.4. The van der Waals surface area contributed by atoms with Gasteiger partial charge in [-0.2, -0.15) is 0 Å². The minimum absolute atomic E-state index is 0.553. The van der Waals surface area contributed by atoms with E-state index in [1.54, 1.807) is 0 Å². The Kier molecular flexibility index (Phi) is 7.16. The third-order valence-corrected chi connectivity index (χ3v) is 9.93. The van der Waals surface area contributed by atoms with Gasteiger partial charge in [-0.05, 0) is 40.5 Å². The number of hydrogen-bond donors (Lipinski definition) is 0. The topological polar surface area (TPSA) is 51.6 Å².